The first kappa shape index (κ1) is 22.5. The third-order valence-corrected chi connectivity index (χ3v) is 1.86. The fourth-order valence-electron chi connectivity index (χ4n) is 0.984. The van der Waals surface area contributed by atoms with E-state index in [1.54, 1.807) is 0 Å². The molecule has 0 radical (unpaired) electrons. The van der Waals surface area contributed by atoms with E-state index < -0.39 is 5.97 Å². The second kappa shape index (κ2) is 19.2. The molecule has 0 rings (SSSR count). The average molecular weight is 313 g/mol. The van der Waals surface area contributed by atoms with Crippen LogP contribution in [0.4, 0.5) is 0 Å². The number of aliphatic hydroxyl groups excluding tert-OH is 3. The molecule has 9 heteroatoms. The van der Waals surface area contributed by atoms with Crippen LogP contribution >= 0.6 is 0 Å². The molecule has 0 fully saturated rings. The lowest BCUT2D eigenvalue weighted by atomic mass is 10.2. The predicted octanol–water partition coefficient (Wildman–Crippen LogP) is -0.289. The van der Waals surface area contributed by atoms with Crippen molar-refractivity contribution in [3.8, 4) is 0 Å². The Labute approximate surface area is 124 Å². The summed E-state index contributed by atoms with van der Waals surface area (Å²) in [5.41, 5.74) is 0. The van der Waals surface area contributed by atoms with E-state index in [1.165, 1.54) is 0 Å². The van der Waals surface area contributed by atoms with Gasteiger partial charge in [-0.15, -0.1) is 0 Å². The molecule has 0 heterocycles. The molecule has 0 atom stereocenters. The van der Waals surface area contributed by atoms with Gasteiger partial charge in [0.05, 0.1) is 45.0 Å². The first-order valence-corrected chi connectivity index (χ1v) is 6.85. The van der Waals surface area contributed by atoms with Gasteiger partial charge in [-0.25, -0.2) is 14.5 Å². The summed E-state index contributed by atoms with van der Waals surface area (Å²) in [6.45, 7) is 1.55. The zero-order valence-corrected chi connectivity index (χ0v) is 12.4. The van der Waals surface area contributed by atoms with Crippen molar-refractivity contribution in [2.45, 2.75) is 32.6 Å². The molecule has 4 N–H and O–H groups in total. The van der Waals surface area contributed by atoms with Crippen molar-refractivity contribution in [1.29, 1.82) is 0 Å². The maximum absolute atomic E-state index is 9.87. The Kier molecular flexibility index (Phi) is 20.5. The van der Waals surface area contributed by atoms with Crippen LogP contribution in [0.25, 0.3) is 0 Å². The Morgan fingerprint density at radius 1 is 0.905 bits per heavy atom. The normalized spacial score (nSPS) is 10.3. The molecule has 0 aromatic rings. The topological polar surface area (TPSA) is 129 Å². The highest BCUT2D eigenvalue weighted by atomic mass is 17.2. The molecule has 0 aromatic carbocycles. The van der Waals surface area contributed by atoms with E-state index >= 15 is 0 Å². The fraction of sp³-hybridized carbons (Fsp3) is 0.917. The number of rotatable bonds is 13. The van der Waals surface area contributed by atoms with Crippen molar-refractivity contribution in [2.75, 3.05) is 39.6 Å². The average Bonchev–Trinajstić information content (AvgIpc) is 2.47. The van der Waals surface area contributed by atoms with Crippen molar-refractivity contribution in [3.63, 3.8) is 0 Å². The van der Waals surface area contributed by atoms with Crippen molar-refractivity contribution >= 4 is 5.97 Å². The van der Waals surface area contributed by atoms with E-state index in [2.05, 4.69) is 6.92 Å². The Bertz CT molecular complexity index is 198. The van der Waals surface area contributed by atoms with E-state index in [1.807, 2.05) is 0 Å². The standard InChI is InChI=1S/C6H15NO6.C6H12O2/c8-1-4-11-7(12-5-2-9)13-6-3-10;1-2-3-4-5-6(7)8/h8-10H,1-6H2;2-5H2,1H3,(H,7,8). The van der Waals surface area contributed by atoms with Crippen molar-refractivity contribution < 1.29 is 39.7 Å². The van der Waals surface area contributed by atoms with Gasteiger partial charge in [0.1, 0.15) is 0 Å². The Morgan fingerprint density at radius 2 is 1.33 bits per heavy atom. The molecule has 0 aliphatic heterocycles. The number of carbonyl (C=O) groups is 1. The van der Waals surface area contributed by atoms with Crippen LogP contribution in [0.15, 0.2) is 0 Å². The summed E-state index contributed by atoms with van der Waals surface area (Å²) in [5.74, 6) is -0.682. The molecule has 128 valence electrons. The highest BCUT2D eigenvalue weighted by molar-refractivity contribution is 5.66. The lowest BCUT2D eigenvalue weighted by Crippen LogP contribution is -2.28. The van der Waals surface area contributed by atoms with Crippen LogP contribution < -0.4 is 0 Å². The quantitative estimate of drug-likeness (QED) is 0.268. The minimum Gasteiger partial charge on any atom is -0.481 e. The molecule has 0 saturated carbocycles. The van der Waals surface area contributed by atoms with E-state index in [4.69, 9.17) is 34.9 Å². The predicted molar refractivity (Wildman–Crippen MR) is 72.7 cm³/mol. The van der Waals surface area contributed by atoms with E-state index in [-0.39, 0.29) is 39.6 Å². The van der Waals surface area contributed by atoms with Crippen LogP contribution in [0.2, 0.25) is 0 Å². The van der Waals surface area contributed by atoms with Crippen LogP contribution in [-0.2, 0) is 19.3 Å². The second-order valence-electron chi connectivity index (χ2n) is 3.74. The molecule has 0 aliphatic carbocycles. The number of hydrogen-bond donors (Lipinski definition) is 4. The van der Waals surface area contributed by atoms with Gasteiger partial charge in [0.15, 0.2) is 0 Å². The second-order valence-corrected chi connectivity index (χ2v) is 3.74. The SMILES string of the molecule is CCCCCC(=O)O.OCCON(OCCO)OCCO. The summed E-state index contributed by atoms with van der Waals surface area (Å²) in [6.07, 6.45) is 3.28. The van der Waals surface area contributed by atoms with E-state index in [9.17, 15) is 4.79 Å². The smallest absolute Gasteiger partial charge is 0.303 e. The Hall–Kier alpha value is -0.810. The van der Waals surface area contributed by atoms with Gasteiger partial charge in [-0.1, -0.05) is 19.8 Å². The molecule has 0 unspecified atom stereocenters. The van der Waals surface area contributed by atoms with Gasteiger partial charge < -0.3 is 20.4 Å². The number of hydrogen-bond acceptors (Lipinski definition) is 8. The summed E-state index contributed by atoms with van der Waals surface area (Å²) < 4.78 is 0. The third kappa shape index (κ3) is 21.6. The lowest BCUT2D eigenvalue weighted by Gasteiger charge is -2.17. The maximum atomic E-state index is 9.87. The molecule has 0 aliphatic rings. The summed E-state index contributed by atoms with van der Waals surface area (Å²) in [7, 11) is 0. The van der Waals surface area contributed by atoms with Crippen LogP contribution in [-0.4, -0.2) is 71.4 Å². The Balaban J connectivity index is 0. The fourth-order valence-corrected chi connectivity index (χ4v) is 0.984. The van der Waals surface area contributed by atoms with Crippen molar-refractivity contribution in [3.05, 3.63) is 0 Å². The van der Waals surface area contributed by atoms with E-state index in [0.717, 1.165) is 19.3 Å². The minimum absolute atomic E-state index is 0.0108. The molecule has 9 nitrogen and oxygen atoms in total. The summed E-state index contributed by atoms with van der Waals surface area (Å²) >= 11 is 0. The monoisotopic (exact) mass is 313 g/mol. The Morgan fingerprint density at radius 3 is 1.62 bits per heavy atom. The highest BCUT2D eigenvalue weighted by Crippen LogP contribution is 1.97. The number of carboxylic acid groups (broad SMARTS) is 1. The summed E-state index contributed by atoms with van der Waals surface area (Å²) in [5, 5.41) is 34.0. The van der Waals surface area contributed by atoms with Gasteiger partial charge in [-0.3, -0.25) is 4.79 Å². The molecule has 0 saturated heterocycles. The van der Waals surface area contributed by atoms with Gasteiger partial charge >= 0.3 is 5.97 Å². The molecular weight excluding hydrogens is 286 g/mol. The van der Waals surface area contributed by atoms with Gasteiger partial charge in [0.2, 0.25) is 0 Å². The van der Waals surface area contributed by atoms with Crippen molar-refractivity contribution in [1.82, 2.24) is 5.39 Å². The lowest BCUT2D eigenvalue weighted by molar-refractivity contribution is -0.527. The number of unbranched alkanes of at least 4 members (excludes halogenated alkanes) is 2. The number of aliphatic hydroxyl groups is 3. The zero-order chi connectivity index (χ0) is 16.3. The minimum atomic E-state index is -0.682. The molecule has 0 spiro atoms. The molecule has 21 heavy (non-hydrogen) atoms. The number of nitrogens with zero attached hydrogens (tertiary/aromatic N) is 1. The molecular formula is C12H27NO8. The molecule has 0 aromatic heterocycles. The van der Waals surface area contributed by atoms with Gasteiger partial charge in [-0.05, 0) is 6.42 Å². The number of carboxylic acids is 1. The number of aliphatic carboxylic acids is 1. The van der Waals surface area contributed by atoms with Crippen LogP contribution in [0, 0.1) is 0 Å². The first-order valence-electron chi connectivity index (χ1n) is 6.85. The third-order valence-electron chi connectivity index (χ3n) is 1.86. The maximum Gasteiger partial charge on any atom is 0.303 e. The largest absolute Gasteiger partial charge is 0.481 e. The highest BCUT2D eigenvalue weighted by Gasteiger charge is 2.05. The van der Waals surface area contributed by atoms with Gasteiger partial charge in [0.25, 0.3) is 0 Å². The van der Waals surface area contributed by atoms with Gasteiger partial charge in [-0.2, -0.15) is 0 Å². The van der Waals surface area contributed by atoms with Crippen molar-refractivity contribution in [2.24, 2.45) is 0 Å². The van der Waals surface area contributed by atoms with Gasteiger partial charge in [0, 0.05) is 6.42 Å². The zero-order valence-electron chi connectivity index (χ0n) is 12.4. The van der Waals surface area contributed by atoms with Crippen LogP contribution in [0.5, 0.6) is 0 Å². The van der Waals surface area contributed by atoms with E-state index in [0.29, 0.717) is 11.8 Å². The summed E-state index contributed by atoms with van der Waals surface area (Å²) in [4.78, 5) is 24.0. The molecule has 0 bridgehead atoms. The van der Waals surface area contributed by atoms with Crippen LogP contribution in [0.3, 0.4) is 0 Å². The summed E-state index contributed by atoms with van der Waals surface area (Å²) in [6, 6.07) is 0. The molecule has 0 amide bonds. The first-order chi connectivity index (χ1) is 10.1. The van der Waals surface area contributed by atoms with Crippen LogP contribution in [0.1, 0.15) is 32.6 Å².